The molecule has 1 aromatic heterocycles. The molecule has 0 radical (unpaired) electrons. The molecule has 1 rings (SSSR count). The maximum absolute atomic E-state index is 5.22. The first-order valence-corrected chi connectivity index (χ1v) is 5.83. The quantitative estimate of drug-likeness (QED) is 0.728. The number of methoxy groups -OCH3 is 2. The first kappa shape index (κ1) is 14.1. The SMILES string of the molecule is CCC(COC)n1nnc(CNC)c1COC. The molecule has 6 nitrogen and oxygen atoms in total. The van der Waals surface area contributed by atoms with E-state index in [1.807, 2.05) is 11.7 Å². The van der Waals surface area contributed by atoms with Gasteiger partial charge in [0.25, 0.3) is 0 Å². The van der Waals surface area contributed by atoms with Crippen LogP contribution in [-0.2, 0) is 22.6 Å². The van der Waals surface area contributed by atoms with Crippen LogP contribution in [0.5, 0.6) is 0 Å². The highest BCUT2D eigenvalue weighted by molar-refractivity contribution is 5.10. The predicted octanol–water partition coefficient (Wildman–Crippen LogP) is 0.741. The molecule has 1 aromatic rings. The molecular weight excluding hydrogens is 220 g/mol. The van der Waals surface area contributed by atoms with Gasteiger partial charge in [-0.3, -0.25) is 0 Å². The molecule has 1 N–H and O–H groups in total. The van der Waals surface area contributed by atoms with Gasteiger partial charge in [-0.15, -0.1) is 5.10 Å². The number of nitrogens with zero attached hydrogens (tertiary/aromatic N) is 3. The monoisotopic (exact) mass is 242 g/mol. The Balaban J connectivity index is 2.95. The largest absolute Gasteiger partial charge is 0.382 e. The Hall–Kier alpha value is -0.980. The van der Waals surface area contributed by atoms with Crippen LogP contribution in [0.4, 0.5) is 0 Å². The lowest BCUT2D eigenvalue weighted by atomic mass is 10.2. The van der Waals surface area contributed by atoms with Gasteiger partial charge in [0.15, 0.2) is 0 Å². The van der Waals surface area contributed by atoms with Crippen molar-refractivity contribution in [3.05, 3.63) is 11.4 Å². The van der Waals surface area contributed by atoms with Gasteiger partial charge in [0.2, 0.25) is 0 Å². The van der Waals surface area contributed by atoms with Crippen molar-refractivity contribution in [3.8, 4) is 0 Å². The summed E-state index contributed by atoms with van der Waals surface area (Å²) in [5.41, 5.74) is 1.95. The van der Waals surface area contributed by atoms with Crippen LogP contribution in [0.2, 0.25) is 0 Å². The molecule has 1 heterocycles. The molecule has 0 spiro atoms. The van der Waals surface area contributed by atoms with Crippen molar-refractivity contribution in [2.45, 2.75) is 32.5 Å². The Kier molecular flexibility index (Phi) is 6.10. The van der Waals surface area contributed by atoms with Gasteiger partial charge in [0, 0.05) is 20.8 Å². The zero-order chi connectivity index (χ0) is 12.7. The van der Waals surface area contributed by atoms with E-state index in [9.17, 15) is 0 Å². The van der Waals surface area contributed by atoms with Crippen LogP contribution in [-0.4, -0.2) is 42.9 Å². The highest BCUT2D eigenvalue weighted by Crippen LogP contribution is 2.16. The number of hydrogen-bond donors (Lipinski definition) is 1. The van der Waals surface area contributed by atoms with Crippen LogP contribution < -0.4 is 5.32 Å². The third-order valence-corrected chi connectivity index (χ3v) is 2.67. The Morgan fingerprint density at radius 3 is 2.65 bits per heavy atom. The third-order valence-electron chi connectivity index (χ3n) is 2.67. The standard InChI is InChI=1S/C11H22N4O2/c1-5-9(7-16-3)15-11(8-17-4)10(6-12-2)13-14-15/h9,12H,5-8H2,1-4H3. The van der Waals surface area contributed by atoms with Crippen molar-refractivity contribution in [3.63, 3.8) is 0 Å². The molecule has 0 aliphatic rings. The molecule has 98 valence electrons. The summed E-state index contributed by atoms with van der Waals surface area (Å²) in [6.07, 6.45) is 0.951. The van der Waals surface area contributed by atoms with Crippen molar-refractivity contribution in [1.29, 1.82) is 0 Å². The Bertz CT molecular complexity index is 327. The zero-order valence-corrected chi connectivity index (χ0v) is 11.1. The topological polar surface area (TPSA) is 61.2 Å². The molecule has 0 saturated carbocycles. The van der Waals surface area contributed by atoms with Crippen molar-refractivity contribution in [2.75, 3.05) is 27.9 Å². The normalized spacial score (nSPS) is 12.9. The van der Waals surface area contributed by atoms with Gasteiger partial charge in [-0.05, 0) is 13.5 Å². The fourth-order valence-corrected chi connectivity index (χ4v) is 1.78. The van der Waals surface area contributed by atoms with Crippen molar-refractivity contribution in [2.24, 2.45) is 0 Å². The maximum atomic E-state index is 5.22. The first-order chi connectivity index (χ1) is 8.28. The lowest BCUT2D eigenvalue weighted by Gasteiger charge is -2.16. The molecule has 1 unspecified atom stereocenters. The maximum Gasteiger partial charge on any atom is 0.102 e. The van der Waals surface area contributed by atoms with Gasteiger partial charge in [0.1, 0.15) is 5.69 Å². The van der Waals surface area contributed by atoms with E-state index in [0.717, 1.165) is 17.8 Å². The molecule has 17 heavy (non-hydrogen) atoms. The average molecular weight is 242 g/mol. The summed E-state index contributed by atoms with van der Waals surface area (Å²) >= 11 is 0. The van der Waals surface area contributed by atoms with Crippen molar-refractivity contribution >= 4 is 0 Å². The lowest BCUT2D eigenvalue weighted by molar-refractivity contribution is 0.133. The number of ether oxygens (including phenoxy) is 2. The summed E-state index contributed by atoms with van der Waals surface area (Å²) < 4.78 is 12.3. The van der Waals surface area contributed by atoms with Gasteiger partial charge >= 0.3 is 0 Å². The minimum Gasteiger partial charge on any atom is -0.382 e. The number of hydrogen-bond acceptors (Lipinski definition) is 5. The molecule has 6 heteroatoms. The van der Waals surface area contributed by atoms with E-state index in [4.69, 9.17) is 9.47 Å². The average Bonchev–Trinajstić information content (AvgIpc) is 2.71. The summed E-state index contributed by atoms with van der Waals surface area (Å²) in [6.45, 7) is 3.96. The zero-order valence-electron chi connectivity index (χ0n) is 11.1. The van der Waals surface area contributed by atoms with Crippen LogP contribution in [0, 0.1) is 0 Å². The number of nitrogens with one attached hydrogen (secondary N) is 1. The first-order valence-electron chi connectivity index (χ1n) is 5.83. The summed E-state index contributed by atoms with van der Waals surface area (Å²) in [5.74, 6) is 0. The molecule has 0 saturated heterocycles. The van der Waals surface area contributed by atoms with E-state index in [-0.39, 0.29) is 6.04 Å². The van der Waals surface area contributed by atoms with E-state index < -0.39 is 0 Å². The molecule has 1 atom stereocenters. The fraction of sp³-hybridized carbons (Fsp3) is 0.818. The second kappa shape index (κ2) is 7.37. The lowest BCUT2D eigenvalue weighted by Crippen LogP contribution is -2.19. The molecule has 0 fully saturated rings. The van der Waals surface area contributed by atoms with E-state index in [1.165, 1.54) is 0 Å². The van der Waals surface area contributed by atoms with Crippen LogP contribution >= 0.6 is 0 Å². The summed E-state index contributed by atoms with van der Waals surface area (Å²) in [6, 6.07) is 0.211. The van der Waals surface area contributed by atoms with Gasteiger partial charge in [0.05, 0.1) is 24.9 Å². The summed E-state index contributed by atoms with van der Waals surface area (Å²) in [7, 11) is 5.27. The Labute approximate surface area is 102 Å². The molecule has 0 aromatic carbocycles. The van der Waals surface area contributed by atoms with E-state index in [2.05, 4.69) is 22.6 Å². The van der Waals surface area contributed by atoms with Crippen LogP contribution in [0.25, 0.3) is 0 Å². The molecule has 0 amide bonds. The molecule has 0 aliphatic heterocycles. The second-order valence-electron chi connectivity index (χ2n) is 3.91. The molecule has 0 aliphatic carbocycles. The smallest absolute Gasteiger partial charge is 0.102 e. The van der Waals surface area contributed by atoms with Crippen molar-refractivity contribution in [1.82, 2.24) is 20.3 Å². The minimum atomic E-state index is 0.211. The third kappa shape index (κ3) is 3.49. The highest BCUT2D eigenvalue weighted by Gasteiger charge is 2.18. The number of rotatable bonds is 8. The van der Waals surface area contributed by atoms with E-state index in [1.54, 1.807) is 14.2 Å². The number of aromatic nitrogens is 3. The van der Waals surface area contributed by atoms with Gasteiger partial charge in [-0.25, -0.2) is 4.68 Å². The predicted molar refractivity (Wildman–Crippen MR) is 64.7 cm³/mol. The molecular formula is C11H22N4O2. The summed E-state index contributed by atoms with van der Waals surface area (Å²) in [4.78, 5) is 0. The summed E-state index contributed by atoms with van der Waals surface area (Å²) in [5, 5.41) is 11.5. The van der Waals surface area contributed by atoms with Gasteiger partial charge in [-0.1, -0.05) is 12.1 Å². The van der Waals surface area contributed by atoms with E-state index >= 15 is 0 Å². The van der Waals surface area contributed by atoms with Crippen LogP contribution in [0.15, 0.2) is 0 Å². The Morgan fingerprint density at radius 1 is 1.35 bits per heavy atom. The molecule has 0 bridgehead atoms. The van der Waals surface area contributed by atoms with Crippen molar-refractivity contribution < 1.29 is 9.47 Å². The Morgan fingerprint density at radius 2 is 2.12 bits per heavy atom. The second-order valence-corrected chi connectivity index (χ2v) is 3.91. The van der Waals surface area contributed by atoms with E-state index in [0.29, 0.717) is 19.8 Å². The van der Waals surface area contributed by atoms with Crippen LogP contribution in [0.3, 0.4) is 0 Å². The minimum absolute atomic E-state index is 0.211. The van der Waals surface area contributed by atoms with Gasteiger partial charge < -0.3 is 14.8 Å². The fourth-order valence-electron chi connectivity index (χ4n) is 1.78. The van der Waals surface area contributed by atoms with Gasteiger partial charge in [-0.2, -0.15) is 0 Å². The highest BCUT2D eigenvalue weighted by atomic mass is 16.5. The van der Waals surface area contributed by atoms with Crippen LogP contribution in [0.1, 0.15) is 30.8 Å².